The van der Waals surface area contributed by atoms with Crippen molar-refractivity contribution in [2.24, 2.45) is 0 Å². The molecule has 0 aliphatic carbocycles. The van der Waals surface area contributed by atoms with Crippen molar-refractivity contribution in [1.29, 1.82) is 0 Å². The molecule has 0 bridgehead atoms. The van der Waals surface area contributed by atoms with E-state index < -0.39 is 10.5 Å². The van der Waals surface area contributed by atoms with Gasteiger partial charge in [-0.05, 0) is 0 Å². The third kappa shape index (κ3) is 6.25. The standard InChI is InChI=1S/C2HBrClF3.Ba.2H/c3-1(4)2(5,6)7;;;/h1H;;;/q;+2;2*-1. The van der Waals surface area contributed by atoms with E-state index in [-0.39, 0.29) is 51.7 Å². The average molecular weight is 337 g/mol. The second-order valence-corrected chi connectivity index (χ2v) is 2.72. The number of alkyl halides is 5. The van der Waals surface area contributed by atoms with Gasteiger partial charge in [-0.25, -0.2) is 0 Å². The van der Waals surface area contributed by atoms with Crippen molar-refractivity contribution < 1.29 is 16.0 Å². The Morgan fingerprint density at radius 1 is 1.50 bits per heavy atom. The Bertz CT molecular complexity index is 70.0. The van der Waals surface area contributed by atoms with E-state index in [9.17, 15) is 13.2 Å². The Labute approximate surface area is 101 Å². The Morgan fingerprint density at radius 3 is 1.62 bits per heavy atom. The maximum absolute atomic E-state index is 11.0. The van der Waals surface area contributed by atoms with E-state index in [1.54, 1.807) is 0 Å². The first-order valence-corrected chi connectivity index (χ1v) is 2.64. The molecule has 0 N–H and O–H groups in total. The summed E-state index contributed by atoms with van der Waals surface area (Å²) in [6.07, 6.45) is -4.32. The van der Waals surface area contributed by atoms with Gasteiger partial charge in [0, 0.05) is 0 Å². The number of hydrogen-bond donors (Lipinski definition) is 0. The smallest absolute Gasteiger partial charge is 1.00 e. The van der Waals surface area contributed by atoms with Crippen LogP contribution in [-0.2, 0) is 0 Å². The third-order valence-corrected chi connectivity index (χ3v) is 1.01. The summed E-state index contributed by atoms with van der Waals surface area (Å²) < 4.78 is 31.1. The molecule has 1 atom stereocenters. The minimum atomic E-state index is -4.32. The molecule has 0 nitrogen and oxygen atoms in total. The van der Waals surface area contributed by atoms with Crippen LogP contribution in [0.1, 0.15) is 2.85 Å². The van der Waals surface area contributed by atoms with E-state index in [0.717, 1.165) is 0 Å². The van der Waals surface area contributed by atoms with E-state index in [4.69, 9.17) is 0 Å². The van der Waals surface area contributed by atoms with E-state index >= 15 is 0 Å². The first kappa shape index (κ1) is 12.8. The molecule has 1 unspecified atom stereocenters. The molecule has 0 saturated heterocycles. The molecule has 0 spiro atoms. The molecule has 8 heavy (non-hydrogen) atoms. The molecular weight excluding hydrogens is 334 g/mol. The van der Waals surface area contributed by atoms with Gasteiger partial charge in [0.05, 0.1) is 0 Å². The zero-order valence-corrected chi connectivity index (χ0v) is 10.5. The van der Waals surface area contributed by atoms with Crippen molar-refractivity contribution in [3.63, 3.8) is 0 Å². The fraction of sp³-hybridized carbons (Fsp3) is 1.00. The predicted octanol–water partition coefficient (Wildman–Crippen LogP) is 2.35. The normalized spacial score (nSPS) is 14.6. The van der Waals surface area contributed by atoms with Crippen molar-refractivity contribution in [3.05, 3.63) is 0 Å². The monoisotopic (exact) mass is 336 g/mol. The van der Waals surface area contributed by atoms with E-state index in [1.807, 2.05) is 0 Å². The van der Waals surface area contributed by atoms with Crippen molar-refractivity contribution in [3.8, 4) is 0 Å². The summed E-state index contributed by atoms with van der Waals surface area (Å²) in [6, 6.07) is 0. The second kappa shape index (κ2) is 4.87. The van der Waals surface area contributed by atoms with Gasteiger partial charge in [-0.2, -0.15) is 13.2 Å². The van der Waals surface area contributed by atoms with Gasteiger partial charge in [0.1, 0.15) is 0 Å². The molecule has 0 fully saturated rings. The number of rotatable bonds is 0. The van der Waals surface area contributed by atoms with Gasteiger partial charge in [-0.1, -0.05) is 15.9 Å². The second-order valence-electron chi connectivity index (χ2n) is 0.842. The largest absolute Gasteiger partial charge is 2.00 e. The number of halogens is 5. The van der Waals surface area contributed by atoms with Gasteiger partial charge in [0.2, 0.25) is 0 Å². The van der Waals surface area contributed by atoms with Crippen LogP contribution in [0.25, 0.3) is 0 Å². The molecule has 0 saturated carbocycles. The van der Waals surface area contributed by atoms with Crippen molar-refractivity contribution in [2.75, 3.05) is 0 Å². The summed E-state index contributed by atoms with van der Waals surface area (Å²) in [5, 5.41) is 0. The van der Waals surface area contributed by atoms with E-state index in [1.165, 1.54) is 0 Å². The molecule has 0 aliphatic heterocycles. The summed E-state index contributed by atoms with van der Waals surface area (Å²) in [5.74, 6) is 0. The van der Waals surface area contributed by atoms with Crippen molar-refractivity contribution in [2.45, 2.75) is 10.5 Å². The Balaban J connectivity index is -0.0000000600. The summed E-state index contributed by atoms with van der Waals surface area (Å²) >= 11 is 6.68. The van der Waals surface area contributed by atoms with Crippen LogP contribution in [0.2, 0.25) is 0 Å². The molecule has 6 heteroatoms. The zero-order chi connectivity index (χ0) is 6.08. The Morgan fingerprint density at radius 2 is 1.62 bits per heavy atom. The van der Waals surface area contributed by atoms with Gasteiger partial charge in [-0.15, -0.1) is 11.6 Å². The van der Waals surface area contributed by atoms with Crippen LogP contribution in [0.15, 0.2) is 0 Å². The molecule has 0 aliphatic rings. The minimum Gasteiger partial charge on any atom is -1.00 e. The summed E-state index contributed by atoms with van der Waals surface area (Å²) in [7, 11) is 0. The molecule has 0 aromatic carbocycles. The Hall–Kier alpha value is 2.13. The van der Waals surface area contributed by atoms with Crippen molar-refractivity contribution >= 4 is 76.4 Å². The van der Waals surface area contributed by atoms with Crippen LogP contribution in [0.3, 0.4) is 0 Å². The molecule has 0 aromatic heterocycles. The van der Waals surface area contributed by atoms with Crippen LogP contribution in [-0.4, -0.2) is 59.3 Å². The first-order chi connectivity index (χ1) is 2.94. The van der Waals surface area contributed by atoms with Crippen LogP contribution in [0.4, 0.5) is 13.2 Å². The Kier molecular flexibility index (Phi) is 7.78. The summed E-state index contributed by atoms with van der Waals surface area (Å²) in [5.41, 5.74) is 0. The topological polar surface area (TPSA) is 0 Å². The molecule has 48 valence electrons. The van der Waals surface area contributed by atoms with Crippen LogP contribution >= 0.6 is 27.5 Å². The SMILES string of the molecule is FC(F)(F)C(Cl)Br.[Ba+2].[H-].[H-]. The van der Waals surface area contributed by atoms with Gasteiger partial charge < -0.3 is 2.85 Å². The molecule has 0 rings (SSSR count). The van der Waals surface area contributed by atoms with Crippen LogP contribution in [0, 0.1) is 0 Å². The molecule has 0 aromatic rings. The summed E-state index contributed by atoms with van der Waals surface area (Å²) in [4.78, 5) is 0. The molecule has 0 heterocycles. The summed E-state index contributed by atoms with van der Waals surface area (Å²) in [6.45, 7) is 0. The molecule has 0 amide bonds. The minimum absolute atomic E-state index is 0. The van der Waals surface area contributed by atoms with E-state index in [2.05, 4.69) is 27.5 Å². The number of hydrogen-bond acceptors (Lipinski definition) is 0. The maximum Gasteiger partial charge on any atom is 2.00 e. The van der Waals surface area contributed by atoms with Gasteiger partial charge >= 0.3 is 55.1 Å². The van der Waals surface area contributed by atoms with E-state index in [0.29, 0.717) is 0 Å². The van der Waals surface area contributed by atoms with Gasteiger partial charge in [0.25, 0.3) is 0 Å². The van der Waals surface area contributed by atoms with Crippen LogP contribution < -0.4 is 0 Å². The predicted molar refractivity (Wildman–Crippen MR) is 32.6 cm³/mol. The zero-order valence-electron chi connectivity index (χ0n) is 5.67. The fourth-order valence-electron chi connectivity index (χ4n) is 0. The average Bonchev–Trinajstić information content (AvgIpc) is 1.31. The quantitative estimate of drug-likeness (QED) is 0.470. The van der Waals surface area contributed by atoms with Crippen LogP contribution in [0.5, 0.6) is 0 Å². The van der Waals surface area contributed by atoms with Gasteiger partial charge in [-0.3, -0.25) is 0 Å². The fourth-order valence-corrected chi connectivity index (χ4v) is 0. The first-order valence-electron chi connectivity index (χ1n) is 1.29. The molecule has 0 radical (unpaired) electrons. The van der Waals surface area contributed by atoms with Crippen molar-refractivity contribution in [1.82, 2.24) is 0 Å². The third-order valence-electron chi connectivity index (χ3n) is 0.247. The van der Waals surface area contributed by atoms with Gasteiger partial charge in [0.15, 0.2) is 4.29 Å². The maximum atomic E-state index is 11.0. The molecular formula is C2H3BaBrClF3.